The van der Waals surface area contributed by atoms with Crippen molar-refractivity contribution in [2.75, 3.05) is 5.32 Å². The van der Waals surface area contributed by atoms with Gasteiger partial charge in [0, 0.05) is 12.2 Å². The van der Waals surface area contributed by atoms with Gasteiger partial charge in [0.15, 0.2) is 0 Å². The number of benzene rings is 1. The van der Waals surface area contributed by atoms with Crippen LogP contribution in [0.2, 0.25) is 0 Å². The highest BCUT2D eigenvalue weighted by molar-refractivity contribution is 6.03. The number of hydrogen-bond donors (Lipinski definition) is 2. The molecule has 2 aliphatic rings. The lowest BCUT2D eigenvalue weighted by molar-refractivity contribution is 0.102. The van der Waals surface area contributed by atoms with Gasteiger partial charge in [-0.15, -0.1) is 0 Å². The van der Waals surface area contributed by atoms with E-state index in [0.29, 0.717) is 17.2 Å². The molecule has 1 fully saturated rings. The van der Waals surface area contributed by atoms with Crippen LogP contribution in [0.1, 0.15) is 73.0 Å². The predicted octanol–water partition coefficient (Wildman–Crippen LogP) is 6.61. The Labute approximate surface area is 214 Å². The standard InChI is InChI=1S/C29H29F3N4O/c1-16-10-19(12-20(33)11-16)21-8-9-34-15-26(21)36-29(37)25-7-6-22(30)28(35-25)27-23(31)13-18(14-24(27)32)17-4-2-3-5-17/h4,6-9,13-16,19-20H,2-3,5,10-12,33H2,1H3,(H,36,37)/t16-,19+,20-/m0/s1. The van der Waals surface area contributed by atoms with Gasteiger partial charge in [-0.25, -0.2) is 18.2 Å². The van der Waals surface area contributed by atoms with Gasteiger partial charge in [-0.05, 0) is 97.4 Å². The second kappa shape index (κ2) is 10.5. The number of amides is 1. The molecule has 3 atom stereocenters. The van der Waals surface area contributed by atoms with Crippen LogP contribution in [-0.4, -0.2) is 21.9 Å². The molecule has 2 heterocycles. The minimum Gasteiger partial charge on any atom is -0.328 e. The maximum absolute atomic E-state index is 15.0. The van der Waals surface area contributed by atoms with Crippen LogP contribution in [0.4, 0.5) is 18.9 Å². The van der Waals surface area contributed by atoms with Crippen molar-refractivity contribution in [2.24, 2.45) is 11.7 Å². The summed E-state index contributed by atoms with van der Waals surface area (Å²) in [6, 6.07) is 6.52. The largest absolute Gasteiger partial charge is 0.328 e. The van der Waals surface area contributed by atoms with Crippen LogP contribution in [0.5, 0.6) is 0 Å². The van der Waals surface area contributed by atoms with E-state index >= 15 is 8.78 Å². The topological polar surface area (TPSA) is 80.9 Å². The Hall–Kier alpha value is -3.52. The van der Waals surface area contributed by atoms with E-state index in [1.807, 2.05) is 12.1 Å². The summed E-state index contributed by atoms with van der Waals surface area (Å²) in [5.74, 6) is -2.79. The number of hydrogen-bond acceptors (Lipinski definition) is 4. The van der Waals surface area contributed by atoms with Crippen LogP contribution in [0.3, 0.4) is 0 Å². The second-order valence-corrected chi connectivity index (χ2v) is 10.1. The van der Waals surface area contributed by atoms with E-state index in [2.05, 4.69) is 22.2 Å². The van der Waals surface area contributed by atoms with Gasteiger partial charge >= 0.3 is 0 Å². The lowest BCUT2D eigenvalue weighted by atomic mass is 9.76. The number of nitrogens with one attached hydrogen (secondary N) is 1. The van der Waals surface area contributed by atoms with Crippen LogP contribution < -0.4 is 11.1 Å². The first-order chi connectivity index (χ1) is 17.8. The smallest absolute Gasteiger partial charge is 0.274 e. The molecule has 0 aliphatic heterocycles. The molecule has 0 spiro atoms. The maximum atomic E-state index is 15.0. The molecule has 1 saturated carbocycles. The number of carbonyl (C=O) groups excluding carboxylic acids is 1. The van der Waals surface area contributed by atoms with Crippen molar-refractivity contribution in [1.82, 2.24) is 9.97 Å². The highest BCUT2D eigenvalue weighted by Crippen LogP contribution is 2.38. The molecule has 0 unspecified atom stereocenters. The van der Waals surface area contributed by atoms with Gasteiger partial charge in [0.1, 0.15) is 28.8 Å². The number of halogens is 3. The molecule has 0 saturated heterocycles. The molecule has 0 bridgehead atoms. The normalized spacial score (nSPS) is 21.5. The van der Waals surface area contributed by atoms with Crippen molar-refractivity contribution in [2.45, 2.75) is 57.4 Å². The van der Waals surface area contributed by atoms with Crippen LogP contribution in [-0.2, 0) is 0 Å². The molecule has 37 heavy (non-hydrogen) atoms. The number of nitrogens with two attached hydrogens (primary N) is 1. The number of pyridine rings is 2. The van der Waals surface area contributed by atoms with Gasteiger partial charge < -0.3 is 11.1 Å². The summed E-state index contributed by atoms with van der Waals surface area (Å²) in [7, 11) is 0. The first-order valence-corrected chi connectivity index (χ1v) is 12.7. The summed E-state index contributed by atoms with van der Waals surface area (Å²) in [6.45, 7) is 2.16. The van der Waals surface area contributed by atoms with Gasteiger partial charge in [0.05, 0.1) is 17.4 Å². The summed E-state index contributed by atoms with van der Waals surface area (Å²) in [4.78, 5) is 21.3. The lowest BCUT2D eigenvalue weighted by Gasteiger charge is -2.32. The number of aromatic nitrogens is 2. The van der Waals surface area contributed by atoms with Gasteiger partial charge in [-0.1, -0.05) is 13.0 Å². The third-order valence-electron chi connectivity index (χ3n) is 7.29. The molecular formula is C29H29F3N4O. The molecule has 2 aliphatic carbocycles. The van der Waals surface area contributed by atoms with E-state index in [9.17, 15) is 9.18 Å². The average Bonchev–Trinajstić information content (AvgIpc) is 3.39. The van der Waals surface area contributed by atoms with Crippen LogP contribution in [0.25, 0.3) is 16.8 Å². The number of carbonyl (C=O) groups is 1. The molecule has 3 N–H and O–H groups in total. The van der Waals surface area contributed by atoms with Crippen molar-refractivity contribution in [3.8, 4) is 11.3 Å². The summed E-state index contributed by atoms with van der Waals surface area (Å²) >= 11 is 0. The first-order valence-electron chi connectivity index (χ1n) is 12.7. The average molecular weight is 507 g/mol. The van der Waals surface area contributed by atoms with Crippen LogP contribution in [0.15, 0.2) is 48.8 Å². The monoisotopic (exact) mass is 506 g/mol. The Morgan fingerprint density at radius 2 is 1.84 bits per heavy atom. The molecule has 192 valence electrons. The third kappa shape index (κ3) is 5.30. The third-order valence-corrected chi connectivity index (χ3v) is 7.29. The predicted molar refractivity (Wildman–Crippen MR) is 137 cm³/mol. The summed E-state index contributed by atoms with van der Waals surface area (Å²) in [6.07, 6.45) is 10.4. The van der Waals surface area contributed by atoms with E-state index in [4.69, 9.17) is 5.73 Å². The first kappa shape index (κ1) is 25.1. The summed E-state index contributed by atoms with van der Waals surface area (Å²) < 4.78 is 44.8. The number of allylic oxidation sites excluding steroid dienone is 2. The zero-order valence-corrected chi connectivity index (χ0v) is 20.6. The molecule has 1 amide bonds. The Kier molecular flexibility index (Phi) is 7.11. The lowest BCUT2D eigenvalue weighted by Crippen LogP contribution is -2.31. The number of anilines is 1. The summed E-state index contributed by atoms with van der Waals surface area (Å²) in [5, 5.41) is 2.81. The fourth-order valence-corrected chi connectivity index (χ4v) is 5.62. The van der Waals surface area contributed by atoms with Crippen molar-refractivity contribution in [3.05, 3.63) is 83.1 Å². The van der Waals surface area contributed by atoms with Gasteiger partial charge in [-0.2, -0.15) is 0 Å². The fourth-order valence-electron chi connectivity index (χ4n) is 5.62. The van der Waals surface area contributed by atoms with Crippen molar-refractivity contribution >= 4 is 17.2 Å². The molecule has 8 heteroatoms. The Bertz CT molecular complexity index is 1340. The quantitative estimate of drug-likeness (QED) is 0.408. The molecule has 3 aromatic rings. The fraction of sp³-hybridized carbons (Fsp3) is 0.345. The van der Waals surface area contributed by atoms with E-state index in [0.717, 1.165) is 55.7 Å². The highest BCUT2D eigenvalue weighted by atomic mass is 19.1. The zero-order chi connectivity index (χ0) is 26.1. The van der Waals surface area contributed by atoms with E-state index in [-0.39, 0.29) is 17.7 Å². The van der Waals surface area contributed by atoms with Crippen molar-refractivity contribution in [1.29, 1.82) is 0 Å². The molecule has 2 aromatic heterocycles. The summed E-state index contributed by atoms with van der Waals surface area (Å²) in [5.41, 5.74) is 7.66. The highest BCUT2D eigenvalue weighted by Gasteiger charge is 2.28. The van der Waals surface area contributed by atoms with Gasteiger partial charge in [0.25, 0.3) is 5.91 Å². The molecule has 0 radical (unpaired) electrons. The Morgan fingerprint density at radius 1 is 1.05 bits per heavy atom. The zero-order valence-electron chi connectivity index (χ0n) is 20.6. The van der Waals surface area contributed by atoms with Gasteiger partial charge in [-0.3, -0.25) is 9.78 Å². The molecule has 5 nitrogen and oxygen atoms in total. The molecule has 5 rings (SSSR count). The van der Waals surface area contributed by atoms with Gasteiger partial charge in [0.2, 0.25) is 0 Å². The molecule has 1 aromatic carbocycles. The minimum absolute atomic E-state index is 0.0768. The van der Waals surface area contributed by atoms with Crippen molar-refractivity contribution < 1.29 is 18.0 Å². The van der Waals surface area contributed by atoms with E-state index in [1.54, 1.807) is 12.4 Å². The van der Waals surface area contributed by atoms with Crippen molar-refractivity contribution in [3.63, 3.8) is 0 Å². The van der Waals surface area contributed by atoms with Crippen LogP contribution in [0, 0.1) is 23.4 Å². The minimum atomic E-state index is -0.927. The molecular weight excluding hydrogens is 477 g/mol. The van der Waals surface area contributed by atoms with Crippen LogP contribution >= 0.6 is 0 Å². The Balaban J connectivity index is 1.43. The number of nitrogens with zero attached hydrogens (tertiary/aromatic N) is 2. The Morgan fingerprint density at radius 3 is 2.54 bits per heavy atom. The number of rotatable bonds is 5. The van der Waals surface area contributed by atoms with E-state index < -0.39 is 34.6 Å². The SMILES string of the molecule is C[C@@H]1C[C@H](N)C[C@H](c2ccncc2NC(=O)c2ccc(F)c(-c3c(F)cc(C4=CCCC4)cc3F)n2)C1. The second-order valence-electron chi connectivity index (χ2n) is 10.1. The van der Waals surface area contributed by atoms with E-state index in [1.165, 1.54) is 18.2 Å². The maximum Gasteiger partial charge on any atom is 0.274 e.